The quantitative estimate of drug-likeness (QED) is 0.733. The number of Topliss-reactive ketones (excluding diaryl/α,β-unsaturated/α-hetero) is 1. The summed E-state index contributed by atoms with van der Waals surface area (Å²) in [5.74, 6) is 0.966. The molecule has 1 aromatic carbocycles. The molecule has 2 heteroatoms. The average molecular weight is 203 g/mol. The second-order valence-electron chi connectivity index (χ2n) is 4.28. The lowest BCUT2D eigenvalue weighted by Crippen LogP contribution is -2.09. The molecule has 0 aliphatic heterocycles. The molecular formula is C12H10OS. The Labute approximate surface area is 88.3 Å². The van der Waals surface area contributed by atoms with Crippen molar-refractivity contribution in [3.63, 3.8) is 0 Å². The van der Waals surface area contributed by atoms with Crippen LogP contribution in [0.3, 0.4) is 0 Å². The number of hydrogen-bond donors (Lipinski definition) is 0. The topological polar surface area (TPSA) is 17.1 Å². The minimum atomic E-state index is -0.302. The summed E-state index contributed by atoms with van der Waals surface area (Å²) in [6, 6.07) is 10.1. The zero-order valence-corrected chi connectivity index (χ0v) is 8.33. The second-order valence-corrected chi connectivity index (χ2v) is 5.50. The first-order chi connectivity index (χ1) is 7.24. The molecule has 4 aliphatic rings. The SMILES string of the molecule is [2H][C@]12[C@@H]3[C@H]1[C@H](Sc1ccccc1)C(=O)[C@@H]32. The fraction of sp³-hybridized carbons (Fsp3) is 0.417. The fourth-order valence-electron chi connectivity index (χ4n) is 2.76. The minimum Gasteiger partial charge on any atom is -0.298 e. The van der Waals surface area contributed by atoms with Gasteiger partial charge in [0.15, 0.2) is 0 Å². The van der Waals surface area contributed by atoms with E-state index in [2.05, 4.69) is 0 Å². The van der Waals surface area contributed by atoms with Gasteiger partial charge < -0.3 is 0 Å². The van der Waals surface area contributed by atoms with E-state index in [9.17, 15) is 4.79 Å². The zero-order valence-electron chi connectivity index (χ0n) is 8.51. The van der Waals surface area contributed by atoms with Gasteiger partial charge in [0.05, 0.1) is 5.25 Å². The Hall–Kier alpha value is -0.760. The maximum Gasteiger partial charge on any atom is 0.150 e. The first-order valence-corrected chi connectivity index (χ1v) is 5.88. The van der Waals surface area contributed by atoms with Crippen molar-refractivity contribution >= 4 is 17.5 Å². The molecule has 4 fully saturated rings. The summed E-state index contributed by atoms with van der Waals surface area (Å²) in [5.41, 5.74) is 0. The smallest absolute Gasteiger partial charge is 0.150 e. The van der Waals surface area contributed by atoms with Crippen LogP contribution in [0.15, 0.2) is 35.2 Å². The molecule has 0 radical (unpaired) electrons. The van der Waals surface area contributed by atoms with Crippen LogP contribution < -0.4 is 0 Å². The molecule has 0 aromatic heterocycles. The third-order valence-corrected chi connectivity index (χ3v) is 4.90. The Balaban J connectivity index is 1.59. The highest BCUT2D eigenvalue weighted by atomic mass is 32.2. The van der Waals surface area contributed by atoms with Crippen LogP contribution in [0.25, 0.3) is 0 Å². The van der Waals surface area contributed by atoms with E-state index in [0.717, 1.165) is 4.90 Å². The molecule has 70 valence electrons. The average Bonchev–Trinajstić information content (AvgIpc) is 2.95. The lowest BCUT2D eigenvalue weighted by Gasteiger charge is -2.06. The van der Waals surface area contributed by atoms with Crippen LogP contribution in [-0.4, -0.2) is 11.0 Å². The molecule has 4 aliphatic carbocycles. The third-order valence-electron chi connectivity index (χ3n) is 3.58. The number of ketones is 1. The highest BCUT2D eigenvalue weighted by molar-refractivity contribution is 8.00. The Kier molecular flexibility index (Phi) is 1.07. The van der Waals surface area contributed by atoms with E-state index in [1.165, 1.54) is 0 Å². The molecule has 0 N–H and O–H groups in total. The Morgan fingerprint density at radius 3 is 2.50 bits per heavy atom. The molecule has 0 spiro atoms. The monoisotopic (exact) mass is 203 g/mol. The van der Waals surface area contributed by atoms with Crippen LogP contribution in [0, 0.1) is 23.6 Å². The fourth-order valence-corrected chi connectivity index (χ4v) is 4.10. The molecule has 2 bridgehead atoms. The number of thioether (sulfide) groups is 1. The van der Waals surface area contributed by atoms with E-state index in [4.69, 9.17) is 1.37 Å². The highest BCUT2D eigenvalue weighted by Gasteiger charge is 2.84. The van der Waals surface area contributed by atoms with Crippen molar-refractivity contribution in [3.05, 3.63) is 30.3 Å². The minimum absolute atomic E-state index is 0.0832. The van der Waals surface area contributed by atoms with Gasteiger partial charge in [0, 0.05) is 12.2 Å². The first-order valence-electron chi connectivity index (χ1n) is 5.50. The Bertz CT molecular complexity index is 460. The molecule has 4 saturated carbocycles. The molecule has 1 nitrogen and oxygen atoms in total. The molecule has 5 atom stereocenters. The van der Waals surface area contributed by atoms with E-state index in [1.54, 1.807) is 11.8 Å². The zero-order chi connectivity index (χ0) is 10.2. The van der Waals surface area contributed by atoms with Crippen molar-refractivity contribution in [2.45, 2.75) is 10.1 Å². The molecule has 14 heavy (non-hydrogen) atoms. The van der Waals surface area contributed by atoms with Crippen molar-refractivity contribution < 1.29 is 6.17 Å². The van der Waals surface area contributed by atoms with Gasteiger partial charge in [0.1, 0.15) is 5.78 Å². The van der Waals surface area contributed by atoms with Crippen LogP contribution in [0.4, 0.5) is 0 Å². The van der Waals surface area contributed by atoms with Crippen molar-refractivity contribution in [2.75, 3.05) is 0 Å². The maximum absolute atomic E-state index is 11.8. The van der Waals surface area contributed by atoms with Gasteiger partial charge in [0.25, 0.3) is 0 Å². The highest BCUT2D eigenvalue weighted by Crippen LogP contribution is 2.82. The van der Waals surface area contributed by atoms with Gasteiger partial charge in [-0.2, -0.15) is 0 Å². The molecule has 0 saturated heterocycles. The second kappa shape index (κ2) is 2.25. The third kappa shape index (κ3) is 0.765. The van der Waals surface area contributed by atoms with Gasteiger partial charge in [-0.3, -0.25) is 4.79 Å². The summed E-state index contributed by atoms with van der Waals surface area (Å²) in [7, 11) is 0. The number of carbonyl (C=O) groups is 1. The van der Waals surface area contributed by atoms with Gasteiger partial charge >= 0.3 is 0 Å². The number of carbonyl (C=O) groups excluding carboxylic acids is 1. The van der Waals surface area contributed by atoms with Crippen LogP contribution in [0.1, 0.15) is 1.37 Å². The molecule has 1 aromatic rings. The molecule has 0 amide bonds. The van der Waals surface area contributed by atoms with E-state index < -0.39 is 0 Å². The molecule has 5 rings (SSSR count). The molecule has 0 heterocycles. The lowest BCUT2D eigenvalue weighted by molar-refractivity contribution is -0.118. The lowest BCUT2D eigenvalue weighted by atomic mass is 10.2. The normalized spacial score (nSPS) is 52.6. The van der Waals surface area contributed by atoms with Crippen molar-refractivity contribution in [3.8, 4) is 0 Å². The van der Waals surface area contributed by atoms with Crippen molar-refractivity contribution in [1.29, 1.82) is 0 Å². The predicted octanol–water partition coefficient (Wildman–Crippen LogP) is 2.22. The molecular weight excluding hydrogens is 192 g/mol. The number of hydrogen-bond acceptors (Lipinski definition) is 2. The van der Waals surface area contributed by atoms with Crippen molar-refractivity contribution in [2.24, 2.45) is 23.6 Å². The van der Waals surface area contributed by atoms with E-state index in [1.807, 2.05) is 30.3 Å². The summed E-state index contributed by atoms with van der Waals surface area (Å²) in [6.07, 6.45) is 0. The van der Waals surface area contributed by atoms with Crippen LogP contribution in [0.5, 0.6) is 0 Å². The van der Waals surface area contributed by atoms with Gasteiger partial charge in [-0.25, -0.2) is 0 Å². The van der Waals surface area contributed by atoms with Gasteiger partial charge in [-0.1, -0.05) is 18.2 Å². The van der Waals surface area contributed by atoms with E-state index >= 15 is 0 Å². The van der Waals surface area contributed by atoms with Crippen LogP contribution in [0.2, 0.25) is 0 Å². The number of fused-ring (bicyclic) bond motifs is 1. The summed E-state index contributed by atoms with van der Waals surface area (Å²) in [4.78, 5) is 13.0. The summed E-state index contributed by atoms with van der Waals surface area (Å²) >= 11 is 1.66. The largest absolute Gasteiger partial charge is 0.298 e. The van der Waals surface area contributed by atoms with Crippen molar-refractivity contribution in [1.82, 2.24) is 0 Å². The van der Waals surface area contributed by atoms with Gasteiger partial charge in [-0.05, 0) is 29.9 Å². The van der Waals surface area contributed by atoms with Crippen LogP contribution >= 0.6 is 11.8 Å². The first kappa shape index (κ1) is 6.67. The van der Waals surface area contributed by atoms with E-state index in [0.29, 0.717) is 17.6 Å². The summed E-state index contributed by atoms with van der Waals surface area (Å²) in [5, 5.41) is 0.0832. The predicted molar refractivity (Wildman–Crippen MR) is 55.1 cm³/mol. The van der Waals surface area contributed by atoms with Gasteiger partial charge in [0.2, 0.25) is 0 Å². The summed E-state index contributed by atoms with van der Waals surface area (Å²) in [6.45, 7) is 0. The van der Waals surface area contributed by atoms with Crippen LogP contribution in [-0.2, 0) is 4.79 Å². The maximum atomic E-state index is 11.8. The Morgan fingerprint density at radius 1 is 1.21 bits per heavy atom. The molecule has 0 unspecified atom stereocenters. The standard InChI is InChI=1S/C12H10OS/c13-11-9-7-8(9)10(7)12(11)14-6-4-2-1-3-5-6/h1-5,7-10,12H/t7-,8+,9-,10+,12-/m0/s1/i7D/t7-,8+,9-,10+,12+/m1. The van der Waals surface area contributed by atoms with E-state index in [-0.39, 0.29) is 17.1 Å². The Morgan fingerprint density at radius 2 is 1.93 bits per heavy atom. The summed E-state index contributed by atoms with van der Waals surface area (Å²) < 4.78 is 7.99. The van der Waals surface area contributed by atoms with Gasteiger partial charge in [-0.15, -0.1) is 11.8 Å². The number of benzene rings is 1. The number of rotatable bonds is 2.